The van der Waals surface area contributed by atoms with E-state index in [1.807, 2.05) is 20.9 Å². The Labute approximate surface area is 103 Å². The molecule has 0 radical (unpaired) electrons. The Bertz CT molecular complexity index is 264. The van der Waals surface area contributed by atoms with Crippen molar-refractivity contribution >= 4 is 11.9 Å². The van der Waals surface area contributed by atoms with Crippen molar-refractivity contribution in [1.82, 2.24) is 10.2 Å². The molecule has 0 aromatic rings. The number of hydrogen-bond acceptors (Lipinski definition) is 3. The number of hydrogen-bond donors (Lipinski definition) is 2. The van der Waals surface area contributed by atoms with E-state index in [2.05, 4.69) is 17.1 Å². The number of rotatable bonds is 8. The fourth-order valence-corrected chi connectivity index (χ4v) is 1.65. The van der Waals surface area contributed by atoms with Crippen molar-refractivity contribution in [3.8, 4) is 0 Å². The van der Waals surface area contributed by atoms with Crippen molar-refractivity contribution in [2.45, 2.75) is 33.6 Å². The van der Waals surface area contributed by atoms with Gasteiger partial charge in [0.05, 0.1) is 5.41 Å². The molecule has 17 heavy (non-hydrogen) atoms. The number of nitrogens with zero attached hydrogens (tertiary/aromatic N) is 1. The van der Waals surface area contributed by atoms with Crippen LogP contribution in [-0.4, -0.2) is 48.6 Å². The maximum atomic E-state index is 11.8. The van der Waals surface area contributed by atoms with Gasteiger partial charge in [-0.25, -0.2) is 0 Å². The highest BCUT2D eigenvalue weighted by molar-refractivity contribution is 5.85. The summed E-state index contributed by atoms with van der Waals surface area (Å²) in [6, 6.07) is 0. The second-order valence-corrected chi connectivity index (χ2v) is 5.05. The largest absolute Gasteiger partial charge is 0.480 e. The summed E-state index contributed by atoms with van der Waals surface area (Å²) in [6.07, 6.45) is 2.22. The second-order valence-electron chi connectivity index (χ2n) is 5.05. The number of aliphatic carboxylic acids is 1. The summed E-state index contributed by atoms with van der Waals surface area (Å²) < 4.78 is 0. The van der Waals surface area contributed by atoms with E-state index >= 15 is 0 Å². The van der Waals surface area contributed by atoms with Gasteiger partial charge in [0.1, 0.15) is 6.54 Å². The van der Waals surface area contributed by atoms with Crippen LogP contribution >= 0.6 is 0 Å². The normalized spacial score (nSPS) is 11.6. The first-order valence-electron chi connectivity index (χ1n) is 5.98. The fraction of sp³-hybridized carbons (Fsp3) is 0.833. The topological polar surface area (TPSA) is 69.6 Å². The average Bonchev–Trinajstić information content (AvgIpc) is 2.22. The molecule has 100 valence electrons. The van der Waals surface area contributed by atoms with Crippen molar-refractivity contribution in [1.29, 1.82) is 0 Å². The maximum absolute atomic E-state index is 11.8. The van der Waals surface area contributed by atoms with E-state index in [1.165, 1.54) is 0 Å². The molecule has 0 saturated carbocycles. The molecular weight excluding hydrogens is 220 g/mol. The van der Waals surface area contributed by atoms with Gasteiger partial charge < -0.3 is 15.3 Å². The van der Waals surface area contributed by atoms with Gasteiger partial charge in [-0.15, -0.1) is 0 Å². The van der Waals surface area contributed by atoms with Crippen LogP contribution in [0.3, 0.4) is 0 Å². The van der Waals surface area contributed by atoms with Crippen LogP contribution in [-0.2, 0) is 9.59 Å². The predicted molar refractivity (Wildman–Crippen MR) is 66.8 cm³/mol. The first-order valence-corrected chi connectivity index (χ1v) is 5.98. The van der Waals surface area contributed by atoms with Gasteiger partial charge in [-0.05, 0) is 33.9 Å². The molecule has 0 spiro atoms. The lowest BCUT2D eigenvalue weighted by Gasteiger charge is -2.28. The van der Waals surface area contributed by atoms with E-state index in [4.69, 9.17) is 5.11 Å². The summed E-state index contributed by atoms with van der Waals surface area (Å²) in [7, 11) is 1.97. The number of carboxylic acids is 1. The van der Waals surface area contributed by atoms with Crippen molar-refractivity contribution in [3.63, 3.8) is 0 Å². The molecule has 5 nitrogen and oxygen atoms in total. The Morgan fingerprint density at radius 1 is 1.35 bits per heavy atom. The zero-order valence-corrected chi connectivity index (χ0v) is 11.2. The van der Waals surface area contributed by atoms with E-state index in [0.29, 0.717) is 6.54 Å². The van der Waals surface area contributed by atoms with Gasteiger partial charge in [0.25, 0.3) is 0 Å². The van der Waals surface area contributed by atoms with Crippen molar-refractivity contribution in [2.75, 3.05) is 26.7 Å². The third kappa shape index (κ3) is 6.94. The number of carbonyl (C=O) groups is 2. The van der Waals surface area contributed by atoms with Crippen LogP contribution in [0.5, 0.6) is 0 Å². The Balaban J connectivity index is 4.15. The molecule has 0 atom stereocenters. The van der Waals surface area contributed by atoms with E-state index in [9.17, 15) is 9.59 Å². The summed E-state index contributed by atoms with van der Waals surface area (Å²) in [5, 5.41) is 10.9. The summed E-state index contributed by atoms with van der Waals surface area (Å²) in [4.78, 5) is 24.2. The molecule has 0 aromatic heterocycles. The Kier molecular flexibility index (Phi) is 6.80. The Morgan fingerprint density at radius 3 is 2.41 bits per heavy atom. The highest BCUT2D eigenvalue weighted by Crippen LogP contribution is 2.16. The molecular formula is C12H24N2O3. The molecule has 0 fully saturated rings. The molecule has 0 aliphatic carbocycles. The van der Waals surface area contributed by atoms with E-state index in [0.717, 1.165) is 19.4 Å². The van der Waals surface area contributed by atoms with Crippen molar-refractivity contribution in [3.05, 3.63) is 0 Å². The van der Waals surface area contributed by atoms with Gasteiger partial charge in [-0.1, -0.05) is 13.3 Å². The van der Waals surface area contributed by atoms with Crippen LogP contribution in [0.15, 0.2) is 0 Å². The lowest BCUT2D eigenvalue weighted by Crippen LogP contribution is -2.45. The maximum Gasteiger partial charge on any atom is 0.322 e. The van der Waals surface area contributed by atoms with Gasteiger partial charge in [0.2, 0.25) is 5.91 Å². The predicted octanol–water partition coefficient (Wildman–Crippen LogP) is 0.945. The Hall–Kier alpha value is -1.10. The van der Waals surface area contributed by atoms with Crippen molar-refractivity contribution < 1.29 is 14.7 Å². The van der Waals surface area contributed by atoms with Gasteiger partial charge in [0.15, 0.2) is 0 Å². The van der Waals surface area contributed by atoms with Crippen LogP contribution in [0.2, 0.25) is 0 Å². The first-order chi connectivity index (χ1) is 7.79. The number of unbranched alkanes of at least 4 members (excludes halogenated alkanes) is 1. The minimum atomic E-state index is -1.02. The third-order valence-corrected chi connectivity index (χ3v) is 2.57. The van der Waals surface area contributed by atoms with Crippen LogP contribution in [0.25, 0.3) is 0 Å². The number of carboxylic acid groups (broad SMARTS) is 1. The minimum Gasteiger partial charge on any atom is -0.480 e. The van der Waals surface area contributed by atoms with Gasteiger partial charge >= 0.3 is 5.97 Å². The summed E-state index contributed by atoms with van der Waals surface area (Å²) in [5.41, 5.74) is -0.571. The average molecular weight is 244 g/mol. The van der Waals surface area contributed by atoms with Crippen LogP contribution in [0.1, 0.15) is 33.6 Å². The van der Waals surface area contributed by atoms with E-state index in [1.54, 1.807) is 0 Å². The molecule has 0 heterocycles. The summed E-state index contributed by atoms with van der Waals surface area (Å²) in [6.45, 7) is 7.03. The lowest BCUT2D eigenvalue weighted by atomic mass is 9.91. The molecule has 2 N–H and O–H groups in total. The fourth-order valence-electron chi connectivity index (χ4n) is 1.65. The van der Waals surface area contributed by atoms with Gasteiger partial charge in [-0.2, -0.15) is 0 Å². The second kappa shape index (κ2) is 7.27. The highest BCUT2D eigenvalue weighted by atomic mass is 16.4. The monoisotopic (exact) mass is 244 g/mol. The van der Waals surface area contributed by atoms with Crippen LogP contribution in [0.4, 0.5) is 0 Å². The van der Waals surface area contributed by atoms with Crippen molar-refractivity contribution in [2.24, 2.45) is 5.41 Å². The smallest absolute Gasteiger partial charge is 0.322 e. The van der Waals surface area contributed by atoms with Crippen LogP contribution < -0.4 is 5.32 Å². The highest BCUT2D eigenvalue weighted by Gasteiger charge is 2.28. The first kappa shape index (κ1) is 15.9. The molecule has 0 aromatic carbocycles. The molecule has 1 amide bonds. The number of amides is 1. The van der Waals surface area contributed by atoms with Gasteiger partial charge in [0, 0.05) is 6.54 Å². The molecule has 0 rings (SSSR count). The zero-order valence-electron chi connectivity index (χ0n) is 11.2. The van der Waals surface area contributed by atoms with Gasteiger partial charge in [-0.3, -0.25) is 9.59 Å². The molecule has 0 saturated heterocycles. The minimum absolute atomic E-state index is 0.219. The number of carbonyl (C=O) groups excluding carboxylic acids is 1. The van der Waals surface area contributed by atoms with E-state index < -0.39 is 11.4 Å². The standard InChI is InChI=1S/C12H24N2O3/c1-5-6-7-14(4)9-12(2,3)11(17)13-8-10(15)16/h5-9H2,1-4H3,(H,13,17)(H,15,16). The Morgan fingerprint density at radius 2 is 1.94 bits per heavy atom. The lowest BCUT2D eigenvalue weighted by molar-refractivity contribution is -0.139. The van der Waals surface area contributed by atoms with E-state index in [-0.39, 0.29) is 12.5 Å². The number of nitrogens with one attached hydrogen (secondary N) is 1. The third-order valence-electron chi connectivity index (χ3n) is 2.57. The molecule has 0 unspecified atom stereocenters. The quantitative estimate of drug-likeness (QED) is 0.667. The zero-order chi connectivity index (χ0) is 13.5. The molecule has 5 heteroatoms. The molecule has 0 bridgehead atoms. The molecule has 0 aliphatic heterocycles. The summed E-state index contributed by atoms with van der Waals surface area (Å²) >= 11 is 0. The SMILES string of the molecule is CCCCN(C)CC(C)(C)C(=O)NCC(=O)O. The molecule has 0 aliphatic rings. The summed E-state index contributed by atoms with van der Waals surface area (Å²) in [5.74, 6) is -1.24. The van der Waals surface area contributed by atoms with Crippen LogP contribution in [0, 0.1) is 5.41 Å².